The first kappa shape index (κ1) is 14.0. The summed E-state index contributed by atoms with van der Waals surface area (Å²) in [7, 11) is 0. The molecule has 17 heavy (non-hydrogen) atoms. The van der Waals surface area contributed by atoms with Crippen molar-refractivity contribution in [1.82, 2.24) is 4.98 Å². The molecule has 3 nitrogen and oxygen atoms in total. The molecule has 1 rings (SSSR count). The molecule has 0 aliphatic heterocycles. The Balaban J connectivity index is 2.36. The second kappa shape index (κ2) is 6.60. The van der Waals surface area contributed by atoms with Gasteiger partial charge in [0.2, 0.25) is 0 Å². The fourth-order valence-electron chi connectivity index (χ4n) is 1.60. The van der Waals surface area contributed by atoms with Crippen molar-refractivity contribution in [3.8, 4) is 0 Å². The predicted octanol–water partition coefficient (Wildman–Crippen LogP) is 2.92. The molecule has 0 unspecified atom stereocenters. The molecule has 96 valence electrons. The zero-order valence-corrected chi connectivity index (χ0v) is 11.3. The molecule has 0 fully saturated rings. The van der Waals surface area contributed by atoms with Gasteiger partial charge in [-0.1, -0.05) is 33.3 Å². The van der Waals surface area contributed by atoms with Gasteiger partial charge in [-0.05, 0) is 36.4 Å². The Hall–Kier alpha value is -1.09. The SMILES string of the molecule is CC(C)(C)c1ccc(NCCCCCN)nc1. The summed E-state index contributed by atoms with van der Waals surface area (Å²) in [6.45, 7) is 8.36. The molecule has 1 heterocycles. The quantitative estimate of drug-likeness (QED) is 0.745. The smallest absolute Gasteiger partial charge is 0.125 e. The summed E-state index contributed by atoms with van der Waals surface area (Å²) in [5, 5.41) is 3.33. The van der Waals surface area contributed by atoms with E-state index in [-0.39, 0.29) is 5.41 Å². The molecule has 0 saturated heterocycles. The highest BCUT2D eigenvalue weighted by molar-refractivity contribution is 5.36. The molecule has 0 radical (unpaired) electrons. The fraction of sp³-hybridized carbons (Fsp3) is 0.643. The van der Waals surface area contributed by atoms with Crippen LogP contribution in [0.3, 0.4) is 0 Å². The maximum atomic E-state index is 5.45. The van der Waals surface area contributed by atoms with Crippen LogP contribution in [-0.4, -0.2) is 18.1 Å². The second-order valence-electron chi connectivity index (χ2n) is 5.46. The van der Waals surface area contributed by atoms with Crippen molar-refractivity contribution in [3.63, 3.8) is 0 Å². The van der Waals surface area contributed by atoms with Crippen LogP contribution in [-0.2, 0) is 5.41 Å². The minimum atomic E-state index is 0.173. The van der Waals surface area contributed by atoms with Crippen LogP contribution in [0.15, 0.2) is 18.3 Å². The maximum Gasteiger partial charge on any atom is 0.125 e. The van der Waals surface area contributed by atoms with Gasteiger partial charge in [-0.3, -0.25) is 0 Å². The van der Waals surface area contributed by atoms with Crippen LogP contribution in [0.25, 0.3) is 0 Å². The van der Waals surface area contributed by atoms with Crippen LogP contribution in [0.1, 0.15) is 45.6 Å². The van der Waals surface area contributed by atoms with E-state index in [0.29, 0.717) is 0 Å². The van der Waals surface area contributed by atoms with Gasteiger partial charge in [-0.2, -0.15) is 0 Å². The predicted molar refractivity (Wildman–Crippen MR) is 74.3 cm³/mol. The van der Waals surface area contributed by atoms with Gasteiger partial charge in [-0.25, -0.2) is 4.98 Å². The summed E-state index contributed by atoms with van der Waals surface area (Å²) in [6.07, 6.45) is 5.41. The molecule has 3 heteroatoms. The molecular formula is C14H25N3. The third-order valence-corrected chi connectivity index (χ3v) is 2.82. The standard InChI is InChI=1S/C14H25N3/c1-14(2,3)12-7-8-13(17-11-12)16-10-6-4-5-9-15/h7-8,11H,4-6,9-10,15H2,1-3H3,(H,16,17). The summed E-state index contributed by atoms with van der Waals surface area (Å²) < 4.78 is 0. The van der Waals surface area contributed by atoms with Gasteiger partial charge in [-0.15, -0.1) is 0 Å². The summed E-state index contributed by atoms with van der Waals surface area (Å²) in [5.74, 6) is 0.964. The highest BCUT2D eigenvalue weighted by Gasteiger charge is 2.13. The van der Waals surface area contributed by atoms with Gasteiger partial charge in [0, 0.05) is 12.7 Å². The van der Waals surface area contributed by atoms with E-state index in [2.05, 4.69) is 43.2 Å². The Kier molecular flexibility index (Phi) is 5.42. The zero-order valence-electron chi connectivity index (χ0n) is 11.3. The van der Waals surface area contributed by atoms with Gasteiger partial charge in [0.25, 0.3) is 0 Å². The minimum Gasteiger partial charge on any atom is -0.370 e. The van der Waals surface area contributed by atoms with Gasteiger partial charge >= 0.3 is 0 Å². The van der Waals surface area contributed by atoms with Gasteiger partial charge in [0.1, 0.15) is 5.82 Å². The van der Waals surface area contributed by atoms with Gasteiger partial charge < -0.3 is 11.1 Å². The molecule has 0 spiro atoms. The Bertz CT molecular complexity index is 311. The molecular weight excluding hydrogens is 210 g/mol. The lowest BCUT2D eigenvalue weighted by Gasteiger charge is -2.18. The Morgan fingerprint density at radius 1 is 1.18 bits per heavy atom. The number of rotatable bonds is 6. The summed E-state index contributed by atoms with van der Waals surface area (Å²) >= 11 is 0. The molecule has 0 amide bonds. The van der Waals surface area contributed by atoms with Crippen LogP contribution in [0.5, 0.6) is 0 Å². The third-order valence-electron chi connectivity index (χ3n) is 2.82. The maximum absolute atomic E-state index is 5.45. The molecule has 0 aromatic carbocycles. The molecule has 0 bridgehead atoms. The lowest BCUT2D eigenvalue weighted by Crippen LogP contribution is -2.12. The van der Waals surface area contributed by atoms with Crippen molar-refractivity contribution in [3.05, 3.63) is 23.9 Å². The van der Waals surface area contributed by atoms with Crippen LogP contribution in [0.2, 0.25) is 0 Å². The van der Waals surface area contributed by atoms with E-state index in [1.165, 1.54) is 12.0 Å². The number of unbranched alkanes of at least 4 members (excludes halogenated alkanes) is 2. The van der Waals surface area contributed by atoms with E-state index in [9.17, 15) is 0 Å². The largest absolute Gasteiger partial charge is 0.370 e. The number of nitrogens with one attached hydrogen (secondary N) is 1. The Morgan fingerprint density at radius 3 is 2.47 bits per heavy atom. The van der Waals surface area contributed by atoms with Crippen LogP contribution in [0, 0.1) is 0 Å². The zero-order chi connectivity index (χ0) is 12.7. The lowest BCUT2D eigenvalue weighted by molar-refractivity contribution is 0.587. The topological polar surface area (TPSA) is 50.9 Å². The number of nitrogens with two attached hydrogens (primary N) is 1. The monoisotopic (exact) mass is 235 g/mol. The molecule has 1 aromatic rings. The summed E-state index contributed by atoms with van der Waals surface area (Å²) in [6, 6.07) is 4.21. The average molecular weight is 235 g/mol. The number of pyridine rings is 1. The van der Waals surface area contributed by atoms with Crippen LogP contribution < -0.4 is 11.1 Å². The van der Waals surface area contributed by atoms with E-state index in [1.807, 2.05) is 6.20 Å². The highest BCUT2D eigenvalue weighted by atomic mass is 15.0. The third kappa shape index (κ3) is 5.18. The van der Waals surface area contributed by atoms with Crippen molar-refractivity contribution >= 4 is 5.82 Å². The average Bonchev–Trinajstić information content (AvgIpc) is 2.28. The first-order chi connectivity index (χ1) is 8.04. The highest BCUT2D eigenvalue weighted by Crippen LogP contribution is 2.21. The van der Waals surface area contributed by atoms with Crippen molar-refractivity contribution in [2.75, 3.05) is 18.4 Å². The first-order valence-electron chi connectivity index (χ1n) is 6.44. The van der Waals surface area contributed by atoms with E-state index < -0.39 is 0 Å². The molecule has 0 saturated carbocycles. The number of hydrogen-bond donors (Lipinski definition) is 2. The van der Waals surface area contributed by atoms with Crippen LogP contribution in [0.4, 0.5) is 5.82 Å². The van der Waals surface area contributed by atoms with E-state index in [4.69, 9.17) is 5.73 Å². The first-order valence-corrected chi connectivity index (χ1v) is 6.44. The Morgan fingerprint density at radius 2 is 1.94 bits per heavy atom. The molecule has 0 atom stereocenters. The fourth-order valence-corrected chi connectivity index (χ4v) is 1.60. The minimum absolute atomic E-state index is 0.173. The van der Waals surface area contributed by atoms with Crippen molar-refractivity contribution in [2.24, 2.45) is 5.73 Å². The Labute approximate surface area is 105 Å². The van der Waals surface area contributed by atoms with Crippen molar-refractivity contribution in [1.29, 1.82) is 0 Å². The van der Waals surface area contributed by atoms with Crippen molar-refractivity contribution in [2.45, 2.75) is 45.4 Å². The molecule has 3 N–H and O–H groups in total. The van der Waals surface area contributed by atoms with Crippen molar-refractivity contribution < 1.29 is 0 Å². The number of nitrogens with zero attached hydrogens (tertiary/aromatic N) is 1. The summed E-state index contributed by atoms with van der Waals surface area (Å²) in [5.41, 5.74) is 6.89. The molecule has 1 aromatic heterocycles. The number of anilines is 1. The summed E-state index contributed by atoms with van der Waals surface area (Å²) in [4.78, 5) is 4.43. The van der Waals surface area contributed by atoms with E-state index in [1.54, 1.807) is 0 Å². The van der Waals surface area contributed by atoms with Crippen LogP contribution >= 0.6 is 0 Å². The van der Waals surface area contributed by atoms with Gasteiger partial charge in [0.05, 0.1) is 0 Å². The van der Waals surface area contributed by atoms with E-state index >= 15 is 0 Å². The lowest BCUT2D eigenvalue weighted by atomic mass is 9.88. The van der Waals surface area contributed by atoms with Gasteiger partial charge in [0.15, 0.2) is 0 Å². The van der Waals surface area contributed by atoms with E-state index in [0.717, 1.165) is 31.7 Å². The number of aromatic nitrogens is 1. The number of hydrogen-bond acceptors (Lipinski definition) is 3. The molecule has 0 aliphatic rings. The normalized spacial score (nSPS) is 11.5. The second-order valence-corrected chi connectivity index (χ2v) is 5.46. The molecule has 0 aliphatic carbocycles.